The summed E-state index contributed by atoms with van der Waals surface area (Å²) in [7, 11) is 1.41. The summed E-state index contributed by atoms with van der Waals surface area (Å²) in [4.78, 5) is 33.2. The lowest BCUT2D eigenvalue weighted by Crippen LogP contribution is -2.35. The van der Waals surface area contributed by atoms with E-state index >= 15 is 0 Å². The SMILES string of the molecule is CNC(=O)CNC(=O)c1cc2c(cc1[N+](=O)[O-])OCO2. The van der Waals surface area contributed by atoms with Gasteiger partial charge in [-0.2, -0.15) is 0 Å². The first-order valence-corrected chi connectivity index (χ1v) is 5.59. The number of carbonyl (C=O) groups is 2. The fourth-order valence-electron chi connectivity index (χ4n) is 1.61. The van der Waals surface area contributed by atoms with E-state index in [1.807, 2.05) is 0 Å². The molecule has 106 valence electrons. The summed E-state index contributed by atoms with van der Waals surface area (Å²) in [5.74, 6) is -0.694. The van der Waals surface area contributed by atoms with Crippen LogP contribution in [0.1, 0.15) is 10.4 Å². The molecule has 1 aliphatic rings. The van der Waals surface area contributed by atoms with E-state index in [4.69, 9.17) is 9.47 Å². The van der Waals surface area contributed by atoms with Crippen LogP contribution in [-0.4, -0.2) is 37.1 Å². The molecule has 0 aromatic heterocycles. The van der Waals surface area contributed by atoms with Crippen LogP contribution in [-0.2, 0) is 4.79 Å². The topological polar surface area (TPSA) is 120 Å². The Morgan fingerprint density at radius 1 is 1.35 bits per heavy atom. The number of carbonyl (C=O) groups excluding carboxylic acids is 2. The van der Waals surface area contributed by atoms with E-state index in [-0.39, 0.29) is 30.4 Å². The van der Waals surface area contributed by atoms with Gasteiger partial charge in [0.1, 0.15) is 5.56 Å². The summed E-state index contributed by atoms with van der Waals surface area (Å²) in [6.45, 7) is -0.337. The largest absolute Gasteiger partial charge is 0.454 e. The molecule has 0 saturated carbocycles. The van der Waals surface area contributed by atoms with E-state index in [1.165, 1.54) is 13.1 Å². The van der Waals surface area contributed by atoms with Crippen LogP contribution in [0.5, 0.6) is 11.5 Å². The summed E-state index contributed by atoms with van der Waals surface area (Å²) in [6, 6.07) is 2.34. The molecule has 1 heterocycles. The number of hydrogen-bond donors (Lipinski definition) is 2. The lowest BCUT2D eigenvalue weighted by atomic mass is 10.1. The van der Waals surface area contributed by atoms with Crippen LogP contribution in [0.4, 0.5) is 5.69 Å². The molecule has 2 amide bonds. The van der Waals surface area contributed by atoms with Crippen molar-refractivity contribution in [3.8, 4) is 11.5 Å². The average Bonchev–Trinajstić information content (AvgIpc) is 2.89. The average molecular weight is 281 g/mol. The van der Waals surface area contributed by atoms with Crippen molar-refractivity contribution in [3.05, 3.63) is 27.8 Å². The third-order valence-electron chi connectivity index (χ3n) is 2.62. The standard InChI is InChI=1S/C11H11N3O6/c1-12-10(15)4-13-11(16)6-2-8-9(20-5-19-8)3-7(6)14(17)18/h2-3H,4-5H2,1H3,(H,12,15)(H,13,16). The first-order valence-electron chi connectivity index (χ1n) is 5.59. The zero-order valence-corrected chi connectivity index (χ0v) is 10.5. The van der Waals surface area contributed by atoms with Crippen molar-refractivity contribution < 1.29 is 24.0 Å². The van der Waals surface area contributed by atoms with Crippen molar-refractivity contribution in [2.45, 2.75) is 0 Å². The Morgan fingerprint density at radius 2 is 2.00 bits per heavy atom. The Morgan fingerprint density at radius 3 is 2.60 bits per heavy atom. The molecule has 0 spiro atoms. The van der Waals surface area contributed by atoms with Crippen LogP contribution in [0.3, 0.4) is 0 Å². The van der Waals surface area contributed by atoms with Gasteiger partial charge in [0.15, 0.2) is 11.5 Å². The Kier molecular flexibility index (Phi) is 3.69. The second-order valence-corrected chi connectivity index (χ2v) is 3.84. The van der Waals surface area contributed by atoms with Gasteiger partial charge in [-0.3, -0.25) is 19.7 Å². The molecule has 0 atom stereocenters. The molecule has 0 aliphatic carbocycles. The van der Waals surface area contributed by atoms with Gasteiger partial charge in [-0.25, -0.2) is 0 Å². The molecule has 0 saturated heterocycles. The van der Waals surface area contributed by atoms with Crippen molar-refractivity contribution in [1.82, 2.24) is 10.6 Å². The molecule has 20 heavy (non-hydrogen) atoms. The van der Waals surface area contributed by atoms with Crippen LogP contribution >= 0.6 is 0 Å². The fraction of sp³-hybridized carbons (Fsp3) is 0.273. The summed E-state index contributed by atoms with van der Waals surface area (Å²) in [5, 5.41) is 15.6. The first kappa shape index (κ1) is 13.6. The molecule has 1 aromatic carbocycles. The summed E-state index contributed by atoms with van der Waals surface area (Å²) < 4.78 is 10.1. The predicted molar refractivity (Wildman–Crippen MR) is 65.6 cm³/mol. The van der Waals surface area contributed by atoms with Crippen molar-refractivity contribution in [2.75, 3.05) is 20.4 Å². The van der Waals surface area contributed by atoms with Crippen LogP contribution < -0.4 is 20.1 Å². The van der Waals surface area contributed by atoms with Crippen molar-refractivity contribution in [2.24, 2.45) is 0 Å². The maximum Gasteiger partial charge on any atom is 0.286 e. The van der Waals surface area contributed by atoms with Gasteiger partial charge in [-0.05, 0) is 0 Å². The normalized spacial score (nSPS) is 11.8. The minimum absolute atomic E-state index is 0.0597. The van der Waals surface area contributed by atoms with Gasteiger partial charge in [-0.1, -0.05) is 0 Å². The smallest absolute Gasteiger partial charge is 0.286 e. The Bertz CT molecular complexity index is 586. The first-order chi connectivity index (χ1) is 9.52. The van der Waals surface area contributed by atoms with Gasteiger partial charge in [0.2, 0.25) is 12.7 Å². The highest BCUT2D eigenvalue weighted by Crippen LogP contribution is 2.37. The van der Waals surface area contributed by atoms with Gasteiger partial charge in [0, 0.05) is 13.1 Å². The van der Waals surface area contributed by atoms with E-state index in [0.29, 0.717) is 0 Å². The molecule has 2 N–H and O–H groups in total. The number of fused-ring (bicyclic) bond motifs is 1. The van der Waals surface area contributed by atoms with E-state index < -0.39 is 22.4 Å². The van der Waals surface area contributed by atoms with Crippen molar-refractivity contribution in [3.63, 3.8) is 0 Å². The fourth-order valence-corrected chi connectivity index (χ4v) is 1.61. The zero-order valence-electron chi connectivity index (χ0n) is 10.5. The lowest BCUT2D eigenvalue weighted by molar-refractivity contribution is -0.385. The third kappa shape index (κ3) is 2.60. The zero-order chi connectivity index (χ0) is 14.7. The summed E-state index contributed by atoms with van der Waals surface area (Å²) in [6.07, 6.45) is 0. The highest BCUT2D eigenvalue weighted by Gasteiger charge is 2.27. The number of nitro groups is 1. The highest BCUT2D eigenvalue weighted by molar-refractivity contribution is 6.00. The number of nitrogens with zero attached hydrogens (tertiary/aromatic N) is 1. The van der Waals surface area contributed by atoms with Gasteiger partial charge in [0.25, 0.3) is 11.6 Å². The Balaban J connectivity index is 2.27. The number of ether oxygens (including phenoxy) is 2. The van der Waals surface area contributed by atoms with Crippen LogP contribution in [0.25, 0.3) is 0 Å². The van der Waals surface area contributed by atoms with Gasteiger partial charge in [0.05, 0.1) is 17.5 Å². The second kappa shape index (κ2) is 5.43. The number of nitro benzene ring substituents is 1. The highest BCUT2D eigenvalue weighted by atomic mass is 16.7. The maximum atomic E-state index is 11.9. The van der Waals surface area contributed by atoms with E-state index in [2.05, 4.69) is 10.6 Å². The number of amides is 2. The molecule has 0 radical (unpaired) electrons. The molecule has 0 unspecified atom stereocenters. The molecule has 9 heteroatoms. The predicted octanol–water partition coefficient (Wildman–Crippen LogP) is -0.201. The second-order valence-electron chi connectivity index (χ2n) is 3.84. The molecule has 2 rings (SSSR count). The molecule has 9 nitrogen and oxygen atoms in total. The minimum atomic E-state index is -0.737. The molecular formula is C11H11N3O6. The Labute approximate surface area is 113 Å². The molecule has 1 aromatic rings. The lowest BCUT2D eigenvalue weighted by Gasteiger charge is -2.06. The third-order valence-corrected chi connectivity index (χ3v) is 2.62. The van der Waals surface area contributed by atoms with Crippen LogP contribution in [0.15, 0.2) is 12.1 Å². The molecule has 1 aliphatic heterocycles. The van der Waals surface area contributed by atoms with Gasteiger partial charge in [-0.15, -0.1) is 0 Å². The molecular weight excluding hydrogens is 270 g/mol. The van der Waals surface area contributed by atoms with Crippen molar-refractivity contribution in [1.29, 1.82) is 0 Å². The number of nitrogens with one attached hydrogen (secondary N) is 2. The number of benzene rings is 1. The monoisotopic (exact) mass is 281 g/mol. The number of likely N-dealkylation sites (N-methyl/N-ethyl adjacent to an activating group) is 1. The summed E-state index contributed by atoms with van der Waals surface area (Å²) >= 11 is 0. The van der Waals surface area contributed by atoms with E-state index in [0.717, 1.165) is 6.07 Å². The Hall–Kier alpha value is -2.84. The van der Waals surface area contributed by atoms with Crippen LogP contribution in [0.2, 0.25) is 0 Å². The summed E-state index contributed by atoms with van der Waals surface area (Å²) in [5.41, 5.74) is -0.605. The minimum Gasteiger partial charge on any atom is -0.454 e. The maximum absolute atomic E-state index is 11.9. The van der Waals surface area contributed by atoms with E-state index in [1.54, 1.807) is 0 Å². The van der Waals surface area contributed by atoms with Gasteiger partial charge < -0.3 is 20.1 Å². The molecule has 0 fully saturated rings. The van der Waals surface area contributed by atoms with Crippen molar-refractivity contribution >= 4 is 17.5 Å². The van der Waals surface area contributed by atoms with Gasteiger partial charge >= 0.3 is 0 Å². The van der Waals surface area contributed by atoms with Crippen LogP contribution in [0, 0.1) is 10.1 Å². The number of hydrogen-bond acceptors (Lipinski definition) is 6. The molecule has 0 bridgehead atoms. The van der Waals surface area contributed by atoms with E-state index in [9.17, 15) is 19.7 Å². The number of rotatable bonds is 4. The quantitative estimate of drug-likeness (QED) is 0.582.